The molecule has 0 amide bonds. The highest BCUT2D eigenvalue weighted by Gasteiger charge is 2.14. The minimum absolute atomic E-state index is 0.464. The predicted molar refractivity (Wildman–Crippen MR) is 92.4 cm³/mol. The molecule has 2 rings (SSSR count). The van der Waals surface area contributed by atoms with Crippen LogP contribution >= 0.6 is 23.2 Å². The molecule has 1 aromatic heterocycles. The van der Waals surface area contributed by atoms with Crippen LogP contribution in [0.2, 0.25) is 10.0 Å². The summed E-state index contributed by atoms with van der Waals surface area (Å²) in [7, 11) is 0. The minimum atomic E-state index is 0.464. The van der Waals surface area contributed by atoms with Crippen LogP contribution in [0.5, 0.6) is 0 Å². The predicted octanol–water partition coefficient (Wildman–Crippen LogP) is 5.71. The van der Waals surface area contributed by atoms with Gasteiger partial charge in [-0.25, -0.2) is 4.98 Å². The van der Waals surface area contributed by atoms with Crippen LogP contribution in [0.1, 0.15) is 45.2 Å². The first-order chi connectivity index (χ1) is 10.6. The number of unbranched alkanes of at least 4 members (excludes halogenated alkanes) is 2. The van der Waals surface area contributed by atoms with Crippen LogP contribution in [-0.4, -0.2) is 11.0 Å². The van der Waals surface area contributed by atoms with Crippen molar-refractivity contribution in [2.45, 2.75) is 52.1 Å². The van der Waals surface area contributed by atoms with Crippen LogP contribution < -0.4 is 5.32 Å². The van der Waals surface area contributed by atoms with Gasteiger partial charge in [0.15, 0.2) is 0 Å². The van der Waals surface area contributed by atoms with E-state index in [0.717, 1.165) is 5.69 Å². The third-order valence-corrected chi connectivity index (χ3v) is 4.23. The Hall–Kier alpha value is -1.03. The summed E-state index contributed by atoms with van der Waals surface area (Å²) in [6.45, 7) is 5.09. The second-order valence-corrected chi connectivity index (χ2v) is 6.33. The van der Waals surface area contributed by atoms with Crippen LogP contribution in [-0.2, 0) is 6.54 Å². The van der Waals surface area contributed by atoms with Crippen LogP contribution in [0, 0.1) is 0 Å². The van der Waals surface area contributed by atoms with E-state index >= 15 is 0 Å². The van der Waals surface area contributed by atoms with E-state index in [1.54, 1.807) is 24.5 Å². The summed E-state index contributed by atoms with van der Waals surface area (Å²) in [4.78, 5) is 4.47. The molecular weight excluding hydrogens is 319 g/mol. The van der Waals surface area contributed by atoms with Crippen molar-refractivity contribution in [2.75, 3.05) is 0 Å². The molecule has 1 unspecified atom stereocenters. The standard InChI is InChI=1S/C17H22Cl2N2O/c1-3-4-5-7-12(2)20-10-13-11-22-17(21-13)16-14(18)8-6-9-15(16)19/h6,8-9,11-12,20H,3-5,7,10H2,1-2H3. The number of oxazole rings is 1. The number of halogens is 2. The smallest absolute Gasteiger partial charge is 0.229 e. The summed E-state index contributed by atoms with van der Waals surface area (Å²) < 4.78 is 5.52. The van der Waals surface area contributed by atoms with Gasteiger partial charge in [-0.15, -0.1) is 0 Å². The van der Waals surface area contributed by atoms with Crippen LogP contribution in [0.25, 0.3) is 11.5 Å². The molecule has 3 nitrogen and oxygen atoms in total. The van der Waals surface area contributed by atoms with Gasteiger partial charge in [-0.3, -0.25) is 0 Å². The SMILES string of the molecule is CCCCCC(C)NCc1coc(-c2c(Cl)cccc2Cl)n1. The van der Waals surface area contributed by atoms with E-state index in [0.29, 0.717) is 34.1 Å². The molecule has 22 heavy (non-hydrogen) atoms. The fraction of sp³-hybridized carbons (Fsp3) is 0.471. The molecular formula is C17H22Cl2N2O. The normalized spacial score (nSPS) is 12.5. The monoisotopic (exact) mass is 340 g/mol. The summed E-state index contributed by atoms with van der Waals surface area (Å²) >= 11 is 12.3. The Balaban J connectivity index is 1.94. The average Bonchev–Trinajstić information content (AvgIpc) is 2.94. The fourth-order valence-electron chi connectivity index (χ4n) is 2.29. The molecule has 5 heteroatoms. The van der Waals surface area contributed by atoms with Gasteiger partial charge in [-0.2, -0.15) is 0 Å². The van der Waals surface area contributed by atoms with Crippen molar-refractivity contribution < 1.29 is 4.42 Å². The molecule has 120 valence electrons. The zero-order chi connectivity index (χ0) is 15.9. The summed E-state index contributed by atoms with van der Waals surface area (Å²) in [5.74, 6) is 0.464. The molecule has 0 aliphatic heterocycles. The molecule has 0 fully saturated rings. The molecule has 0 spiro atoms. The molecule has 1 N–H and O–H groups in total. The van der Waals surface area contributed by atoms with Gasteiger partial charge in [0, 0.05) is 12.6 Å². The second-order valence-electron chi connectivity index (χ2n) is 5.52. The third-order valence-electron chi connectivity index (χ3n) is 3.60. The molecule has 2 aromatic rings. The lowest BCUT2D eigenvalue weighted by Crippen LogP contribution is -2.25. The maximum Gasteiger partial charge on any atom is 0.229 e. The Kier molecular flexibility index (Phi) is 6.74. The highest BCUT2D eigenvalue weighted by molar-refractivity contribution is 6.38. The zero-order valence-electron chi connectivity index (χ0n) is 13.0. The Bertz CT molecular complexity index is 578. The Morgan fingerprint density at radius 3 is 2.64 bits per heavy atom. The van der Waals surface area contributed by atoms with E-state index in [-0.39, 0.29) is 0 Å². The van der Waals surface area contributed by atoms with E-state index in [2.05, 4.69) is 24.1 Å². The Morgan fingerprint density at radius 1 is 1.23 bits per heavy atom. The second kappa shape index (κ2) is 8.56. The van der Waals surface area contributed by atoms with Crippen molar-refractivity contribution in [1.29, 1.82) is 0 Å². The van der Waals surface area contributed by atoms with E-state index in [4.69, 9.17) is 27.6 Å². The summed E-state index contributed by atoms with van der Waals surface area (Å²) in [5.41, 5.74) is 1.50. The van der Waals surface area contributed by atoms with Gasteiger partial charge in [-0.1, -0.05) is 55.5 Å². The largest absolute Gasteiger partial charge is 0.444 e. The lowest BCUT2D eigenvalue weighted by molar-refractivity contribution is 0.483. The minimum Gasteiger partial charge on any atom is -0.444 e. The number of aromatic nitrogens is 1. The van der Waals surface area contributed by atoms with E-state index < -0.39 is 0 Å². The van der Waals surface area contributed by atoms with Gasteiger partial charge in [0.05, 0.1) is 21.3 Å². The highest BCUT2D eigenvalue weighted by atomic mass is 35.5. The number of hydrogen-bond acceptors (Lipinski definition) is 3. The molecule has 0 radical (unpaired) electrons. The van der Waals surface area contributed by atoms with Crippen LogP contribution in [0.4, 0.5) is 0 Å². The summed E-state index contributed by atoms with van der Waals surface area (Å²) in [6, 6.07) is 5.83. The molecule has 0 saturated heterocycles. The van der Waals surface area contributed by atoms with E-state index in [9.17, 15) is 0 Å². The van der Waals surface area contributed by atoms with Gasteiger partial charge in [0.1, 0.15) is 6.26 Å². The summed E-state index contributed by atoms with van der Waals surface area (Å²) in [5, 5.41) is 4.55. The van der Waals surface area contributed by atoms with Gasteiger partial charge >= 0.3 is 0 Å². The lowest BCUT2D eigenvalue weighted by atomic mass is 10.1. The van der Waals surface area contributed by atoms with Crippen molar-refractivity contribution in [3.05, 3.63) is 40.2 Å². The lowest BCUT2D eigenvalue weighted by Gasteiger charge is -2.11. The molecule has 1 aromatic carbocycles. The Morgan fingerprint density at radius 2 is 1.95 bits per heavy atom. The Labute approximate surface area is 142 Å². The molecule has 0 aliphatic carbocycles. The van der Waals surface area contributed by atoms with Gasteiger partial charge in [0.25, 0.3) is 0 Å². The summed E-state index contributed by atoms with van der Waals surface area (Å²) in [6.07, 6.45) is 6.61. The van der Waals surface area contributed by atoms with Gasteiger partial charge in [0.2, 0.25) is 5.89 Å². The highest BCUT2D eigenvalue weighted by Crippen LogP contribution is 2.33. The van der Waals surface area contributed by atoms with Crippen LogP contribution in [0.15, 0.2) is 28.9 Å². The zero-order valence-corrected chi connectivity index (χ0v) is 14.5. The quantitative estimate of drug-likeness (QED) is 0.625. The van der Waals surface area contributed by atoms with Crippen molar-refractivity contribution >= 4 is 23.2 Å². The van der Waals surface area contributed by atoms with Crippen molar-refractivity contribution in [2.24, 2.45) is 0 Å². The number of rotatable bonds is 8. The molecule has 0 bridgehead atoms. The first kappa shape index (κ1) is 17.3. The van der Waals surface area contributed by atoms with Crippen LogP contribution in [0.3, 0.4) is 0 Å². The van der Waals surface area contributed by atoms with E-state index in [1.807, 2.05) is 0 Å². The molecule has 0 saturated carbocycles. The maximum atomic E-state index is 6.17. The number of hydrogen-bond donors (Lipinski definition) is 1. The first-order valence-electron chi connectivity index (χ1n) is 7.74. The van der Waals surface area contributed by atoms with Crippen molar-refractivity contribution in [3.63, 3.8) is 0 Å². The number of nitrogens with one attached hydrogen (secondary N) is 1. The topological polar surface area (TPSA) is 38.1 Å². The molecule has 1 heterocycles. The van der Waals surface area contributed by atoms with Crippen molar-refractivity contribution in [3.8, 4) is 11.5 Å². The number of benzene rings is 1. The first-order valence-corrected chi connectivity index (χ1v) is 8.49. The van der Waals surface area contributed by atoms with Crippen molar-refractivity contribution in [1.82, 2.24) is 10.3 Å². The fourth-order valence-corrected chi connectivity index (χ4v) is 2.85. The third kappa shape index (κ3) is 4.73. The number of nitrogens with zero attached hydrogens (tertiary/aromatic N) is 1. The van der Waals surface area contributed by atoms with Gasteiger partial charge < -0.3 is 9.73 Å². The van der Waals surface area contributed by atoms with Gasteiger partial charge in [-0.05, 0) is 25.5 Å². The molecule has 1 atom stereocenters. The maximum absolute atomic E-state index is 6.17. The average molecular weight is 341 g/mol. The van der Waals surface area contributed by atoms with E-state index in [1.165, 1.54) is 25.7 Å². The molecule has 0 aliphatic rings.